The van der Waals surface area contributed by atoms with Gasteiger partial charge in [0, 0.05) is 0 Å². The van der Waals surface area contributed by atoms with Crippen molar-refractivity contribution in [2.24, 2.45) is 0 Å². The second-order valence-corrected chi connectivity index (χ2v) is 9.01. The van der Waals surface area contributed by atoms with Gasteiger partial charge < -0.3 is 0 Å². The fraction of sp³-hybridized carbons (Fsp3) is 0.333. The second kappa shape index (κ2) is 5.80. The van der Waals surface area contributed by atoms with E-state index < -0.39 is 40.7 Å². The Morgan fingerprint density at radius 1 is 1.29 bits per heavy atom. The summed E-state index contributed by atoms with van der Waals surface area (Å²) in [6.07, 6.45) is 1.43. The molecule has 1 aliphatic heterocycles. The van der Waals surface area contributed by atoms with Crippen LogP contribution in [0.1, 0.15) is 12.5 Å². The third-order valence-corrected chi connectivity index (χ3v) is 7.17. The summed E-state index contributed by atoms with van der Waals surface area (Å²) in [6.45, 7) is 1.70. The predicted octanol–water partition coefficient (Wildman–Crippen LogP) is 1.63. The van der Waals surface area contributed by atoms with E-state index in [4.69, 9.17) is 4.74 Å². The fourth-order valence-corrected chi connectivity index (χ4v) is 6.44. The van der Waals surface area contributed by atoms with Crippen molar-refractivity contribution in [2.75, 3.05) is 7.11 Å². The third-order valence-electron chi connectivity index (χ3n) is 2.75. The Kier molecular flexibility index (Phi) is 4.59. The van der Waals surface area contributed by atoms with Crippen LogP contribution in [0.25, 0.3) is 5.57 Å². The number of hydrogen-bond acceptors (Lipinski definition) is 4. The minimum atomic E-state index is -5.58. The SMILES string of the molecule is COc1ccc2c(c1)[Te]C(OS(=O)(=O)C(F)(F)F)C=C2C. The Morgan fingerprint density at radius 2 is 1.95 bits per heavy atom. The van der Waals surface area contributed by atoms with Gasteiger partial charge in [-0.25, -0.2) is 0 Å². The summed E-state index contributed by atoms with van der Waals surface area (Å²) in [7, 11) is -4.10. The molecule has 0 aliphatic carbocycles. The summed E-state index contributed by atoms with van der Waals surface area (Å²) < 4.78 is 68.4. The van der Waals surface area contributed by atoms with Crippen molar-refractivity contribution in [2.45, 2.75) is 16.6 Å². The average molecular weight is 436 g/mol. The second-order valence-electron chi connectivity index (χ2n) is 4.19. The molecule has 0 N–H and O–H groups in total. The van der Waals surface area contributed by atoms with Crippen molar-refractivity contribution in [3.8, 4) is 5.75 Å². The predicted molar refractivity (Wildman–Crippen MR) is 71.9 cm³/mol. The van der Waals surface area contributed by atoms with Crippen LogP contribution in [0.3, 0.4) is 0 Å². The molecule has 2 rings (SSSR count). The monoisotopic (exact) mass is 438 g/mol. The minimum absolute atomic E-state index is 0.575. The van der Waals surface area contributed by atoms with E-state index in [1.807, 2.05) is 0 Å². The maximum atomic E-state index is 12.4. The van der Waals surface area contributed by atoms with Crippen LogP contribution >= 0.6 is 0 Å². The Bertz CT molecular complexity index is 682. The van der Waals surface area contributed by atoms with Gasteiger partial charge in [0.1, 0.15) is 0 Å². The van der Waals surface area contributed by atoms with Gasteiger partial charge in [-0.05, 0) is 0 Å². The molecule has 0 fully saturated rings. The number of fused-ring (bicyclic) bond motifs is 1. The quantitative estimate of drug-likeness (QED) is 0.411. The van der Waals surface area contributed by atoms with Gasteiger partial charge in [-0.15, -0.1) is 0 Å². The molecule has 1 aromatic carbocycles. The van der Waals surface area contributed by atoms with Gasteiger partial charge in [0.25, 0.3) is 0 Å². The van der Waals surface area contributed by atoms with E-state index in [-0.39, 0.29) is 0 Å². The third kappa shape index (κ3) is 3.54. The molecule has 1 atom stereocenters. The number of rotatable bonds is 3. The van der Waals surface area contributed by atoms with Crippen molar-refractivity contribution >= 4 is 40.2 Å². The van der Waals surface area contributed by atoms with Gasteiger partial charge in [-0.1, -0.05) is 0 Å². The van der Waals surface area contributed by atoms with E-state index in [2.05, 4.69) is 4.18 Å². The van der Waals surface area contributed by atoms with E-state index in [1.165, 1.54) is 13.2 Å². The summed E-state index contributed by atoms with van der Waals surface area (Å²) in [5.41, 5.74) is -3.83. The van der Waals surface area contributed by atoms with Crippen LogP contribution in [0.15, 0.2) is 24.3 Å². The molecule has 0 aromatic heterocycles. The molecule has 1 unspecified atom stereocenters. The molecule has 0 amide bonds. The molecule has 0 radical (unpaired) electrons. The first-order valence-corrected chi connectivity index (χ1v) is 9.59. The molecule has 0 saturated heterocycles. The molecule has 0 bridgehead atoms. The van der Waals surface area contributed by atoms with Crippen LogP contribution in [0.2, 0.25) is 0 Å². The van der Waals surface area contributed by atoms with Crippen LogP contribution in [-0.2, 0) is 14.3 Å². The van der Waals surface area contributed by atoms with Crippen LogP contribution in [-0.4, -0.2) is 46.1 Å². The van der Waals surface area contributed by atoms with Crippen LogP contribution < -0.4 is 8.35 Å². The Morgan fingerprint density at radius 3 is 2.52 bits per heavy atom. The number of hydrogen-bond donors (Lipinski definition) is 0. The first-order chi connectivity index (χ1) is 9.64. The average Bonchev–Trinajstić information content (AvgIpc) is 2.36. The van der Waals surface area contributed by atoms with E-state index in [1.54, 1.807) is 25.1 Å². The van der Waals surface area contributed by atoms with E-state index in [9.17, 15) is 21.6 Å². The van der Waals surface area contributed by atoms with Crippen molar-refractivity contribution in [1.82, 2.24) is 0 Å². The molecule has 0 spiro atoms. The molecule has 1 heterocycles. The Balaban J connectivity index is 2.29. The molecule has 9 heteroatoms. The van der Waals surface area contributed by atoms with Crippen molar-refractivity contribution < 1.29 is 30.5 Å². The first-order valence-electron chi connectivity index (χ1n) is 5.67. The number of halogens is 3. The molecule has 1 aromatic rings. The summed E-state index contributed by atoms with van der Waals surface area (Å²) in [5, 5.41) is 0. The number of allylic oxidation sites excluding steroid dienone is 1. The Hall–Kier alpha value is -0.750. The normalized spacial score (nSPS) is 18.9. The first kappa shape index (κ1) is 16.6. The molecule has 1 aliphatic rings. The fourth-order valence-electron chi connectivity index (χ4n) is 1.73. The molecular weight excluding hydrogens is 425 g/mol. The summed E-state index contributed by atoms with van der Waals surface area (Å²) >= 11 is -1.30. The van der Waals surface area contributed by atoms with E-state index in [0.717, 1.165) is 9.17 Å². The van der Waals surface area contributed by atoms with Crippen LogP contribution in [0, 0.1) is 0 Å². The molecular formula is C12H11F3O4STe. The standard InChI is InChI=1S/C12H11F3O4STe/c1-7-5-11(19-20(16,17)12(13,14)15)21-10-6-8(18-2)3-4-9(7)10/h3-6,11H,1-2H3. The number of methoxy groups -OCH3 is 1. The van der Waals surface area contributed by atoms with Gasteiger partial charge in [-0.3, -0.25) is 0 Å². The molecule has 4 nitrogen and oxygen atoms in total. The van der Waals surface area contributed by atoms with Crippen molar-refractivity contribution in [1.29, 1.82) is 0 Å². The van der Waals surface area contributed by atoms with Gasteiger partial charge >= 0.3 is 130 Å². The van der Waals surface area contributed by atoms with Gasteiger partial charge in [0.05, 0.1) is 0 Å². The summed E-state index contributed by atoms with van der Waals surface area (Å²) in [6, 6.07) is 5.26. The molecule has 116 valence electrons. The van der Waals surface area contributed by atoms with Crippen LogP contribution in [0.5, 0.6) is 5.75 Å². The zero-order valence-corrected chi connectivity index (χ0v) is 14.1. The summed E-state index contributed by atoms with van der Waals surface area (Å²) in [5.74, 6) is 0.575. The number of alkyl halides is 3. The molecule has 21 heavy (non-hydrogen) atoms. The number of ether oxygens (including phenoxy) is 1. The maximum absolute atomic E-state index is 12.4. The Labute approximate surface area is 130 Å². The molecule has 0 saturated carbocycles. The van der Waals surface area contributed by atoms with Crippen molar-refractivity contribution in [3.63, 3.8) is 0 Å². The van der Waals surface area contributed by atoms with Crippen LogP contribution in [0.4, 0.5) is 13.2 Å². The van der Waals surface area contributed by atoms with Crippen molar-refractivity contribution in [3.05, 3.63) is 29.8 Å². The van der Waals surface area contributed by atoms with Gasteiger partial charge in [0.15, 0.2) is 0 Å². The van der Waals surface area contributed by atoms with E-state index >= 15 is 0 Å². The number of benzene rings is 1. The topological polar surface area (TPSA) is 52.6 Å². The van der Waals surface area contributed by atoms with Gasteiger partial charge in [0.2, 0.25) is 0 Å². The zero-order valence-electron chi connectivity index (χ0n) is 11.0. The zero-order chi connectivity index (χ0) is 15.8. The van der Waals surface area contributed by atoms with Gasteiger partial charge in [-0.2, -0.15) is 0 Å². The van der Waals surface area contributed by atoms with E-state index in [0.29, 0.717) is 11.3 Å². The summed E-state index contributed by atoms with van der Waals surface area (Å²) in [4.78, 5) is 0.